The average molecular weight is 304 g/mol. The molecule has 1 rings (SSSR count). The predicted molar refractivity (Wildman–Crippen MR) is 72.8 cm³/mol. The first-order valence-corrected chi connectivity index (χ1v) is 6.74. The number of nitrogens with one attached hydrogen (secondary N) is 1. The number of alkyl halides is 3. The van der Waals surface area contributed by atoms with Gasteiger partial charge in [0.2, 0.25) is 5.91 Å². The zero-order valence-electron chi connectivity index (χ0n) is 12.0. The maximum absolute atomic E-state index is 12.5. The van der Waals surface area contributed by atoms with Gasteiger partial charge in [-0.1, -0.05) is 13.8 Å². The van der Waals surface area contributed by atoms with E-state index in [1.165, 1.54) is 0 Å². The number of aromatic nitrogens is 1. The van der Waals surface area contributed by atoms with Gasteiger partial charge in [0, 0.05) is 18.8 Å². The minimum Gasteiger partial charge on any atom is -0.355 e. The first kappa shape index (κ1) is 17.3. The lowest BCUT2D eigenvalue weighted by atomic mass is 10.1. The molecule has 1 amide bonds. The Morgan fingerprint density at radius 3 is 2.57 bits per heavy atom. The number of hydrogen-bond donors (Lipinski definition) is 1. The van der Waals surface area contributed by atoms with Crippen molar-refractivity contribution in [3.8, 4) is 0 Å². The minimum absolute atomic E-state index is 0.412. The normalized spacial score (nSPS) is 11.7. The molecule has 0 aliphatic rings. The molecule has 0 atom stereocenters. The molecule has 0 fully saturated rings. The number of hydrogen-bond acceptors (Lipinski definition) is 2. The monoisotopic (exact) mass is 304 g/mol. The fraction of sp³-hybridized carbons (Fsp3) is 0.571. The first-order valence-electron chi connectivity index (χ1n) is 6.74. The Morgan fingerprint density at radius 1 is 1.33 bits per heavy atom. The SMILES string of the molecule is CC(C)CCCNC(=O)Cn1cc(C(F)(F)F)ccc1=O. The van der Waals surface area contributed by atoms with Crippen LogP contribution in [-0.2, 0) is 17.5 Å². The van der Waals surface area contributed by atoms with Gasteiger partial charge in [-0.2, -0.15) is 13.2 Å². The predicted octanol–water partition coefficient (Wildman–Crippen LogP) is 2.42. The zero-order valence-corrected chi connectivity index (χ0v) is 12.0. The smallest absolute Gasteiger partial charge is 0.355 e. The molecule has 1 aromatic rings. The van der Waals surface area contributed by atoms with Crippen molar-refractivity contribution in [2.45, 2.75) is 39.4 Å². The van der Waals surface area contributed by atoms with Crippen LogP contribution in [0, 0.1) is 5.92 Å². The number of carbonyl (C=O) groups is 1. The summed E-state index contributed by atoms with van der Waals surface area (Å²) in [6.07, 6.45) is -2.14. The molecule has 0 aliphatic carbocycles. The third-order valence-electron chi connectivity index (χ3n) is 2.91. The van der Waals surface area contributed by atoms with Gasteiger partial charge in [0.25, 0.3) is 5.56 Å². The maximum atomic E-state index is 12.5. The molecule has 0 saturated heterocycles. The van der Waals surface area contributed by atoms with E-state index in [1.54, 1.807) is 0 Å². The van der Waals surface area contributed by atoms with Crippen molar-refractivity contribution in [2.75, 3.05) is 6.54 Å². The molecule has 0 aliphatic heterocycles. The summed E-state index contributed by atoms with van der Waals surface area (Å²) in [7, 11) is 0. The summed E-state index contributed by atoms with van der Waals surface area (Å²) in [5.74, 6) is 0.0492. The van der Waals surface area contributed by atoms with Crippen LogP contribution in [0.4, 0.5) is 13.2 Å². The molecule has 0 radical (unpaired) electrons. The fourth-order valence-electron chi connectivity index (χ4n) is 1.77. The van der Waals surface area contributed by atoms with Crippen LogP contribution in [0.3, 0.4) is 0 Å². The molecule has 7 heteroatoms. The number of halogens is 3. The second-order valence-electron chi connectivity index (χ2n) is 5.27. The average Bonchev–Trinajstić information content (AvgIpc) is 2.36. The highest BCUT2D eigenvalue weighted by Gasteiger charge is 2.31. The summed E-state index contributed by atoms with van der Waals surface area (Å²) in [4.78, 5) is 23.1. The standard InChI is InChI=1S/C14H19F3N2O2/c1-10(2)4-3-7-18-12(20)9-19-8-11(14(15,16)17)5-6-13(19)21/h5-6,8,10H,3-4,7,9H2,1-2H3,(H,18,20). The van der Waals surface area contributed by atoms with Crippen molar-refractivity contribution in [2.24, 2.45) is 5.92 Å². The van der Waals surface area contributed by atoms with Crippen molar-refractivity contribution in [1.29, 1.82) is 0 Å². The summed E-state index contributed by atoms with van der Waals surface area (Å²) >= 11 is 0. The molecule has 21 heavy (non-hydrogen) atoms. The molecule has 1 heterocycles. The Labute approximate surface area is 121 Å². The lowest BCUT2D eigenvalue weighted by Gasteiger charge is -2.11. The van der Waals surface area contributed by atoms with E-state index in [-0.39, 0.29) is 0 Å². The van der Waals surface area contributed by atoms with Crippen LogP contribution in [0.25, 0.3) is 0 Å². The Hall–Kier alpha value is -1.79. The number of amides is 1. The molecule has 0 saturated carbocycles. The van der Waals surface area contributed by atoms with E-state index < -0.39 is 29.8 Å². The van der Waals surface area contributed by atoms with Crippen molar-refractivity contribution in [3.05, 3.63) is 34.2 Å². The Bertz CT molecular complexity index is 536. The summed E-state index contributed by atoms with van der Waals surface area (Å²) in [5.41, 5.74) is -1.59. The second kappa shape index (κ2) is 7.28. The van der Waals surface area contributed by atoms with Crippen LogP contribution in [0.5, 0.6) is 0 Å². The molecular weight excluding hydrogens is 285 g/mol. The molecule has 1 N–H and O–H groups in total. The van der Waals surface area contributed by atoms with Gasteiger partial charge in [-0.25, -0.2) is 0 Å². The van der Waals surface area contributed by atoms with Gasteiger partial charge in [0.05, 0.1) is 5.56 Å². The van der Waals surface area contributed by atoms with Gasteiger partial charge in [-0.15, -0.1) is 0 Å². The second-order valence-corrected chi connectivity index (χ2v) is 5.27. The van der Waals surface area contributed by atoms with Gasteiger partial charge in [-0.3, -0.25) is 9.59 Å². The van der Waals surface area contributed by atoms with Gasteiger partial charge >= 0.3 is 6.18 Å². The van der Waals surface area contributed by atoms with Gasteiger partial charge in [0.15, 0.2) is 0 Å². The van der Waals surface area contributed by atoms with E-state index >= 15 is 0 Å². The van der Waals surface area contributed by atoms with E-state index in [0.717, 1.165) is 23.5 Å². The van der Waals surface area contributed by atoms with E-state index in [1.807, 2.05) is 0 Å². The van der Waals surface area contributed by atoms with E-state index in [2.05, 4.69) is 19.2 Å². The van der Waals surface area contributed by atoms with Crippen LogP contribution in [0.1, 0.15) is 32.3 Å². The van der Waals surface area contributed by atoms with Gasteiger partial charge < -0.3 is 9.88 Å². The summed E-state index contributed by atoms with van der Waals surface area (Å²) < 4.78 is 38.4. The molecule has 118 valence electrons. The molecular formula is C14H19F3N2O2. The summed E-state index contributed by atoms with van der Waals surface area (Å²) in [6, 6.07) is 1.52. The van der Waals surface area contributed by atoms with Crippen LogP contribution < -0.4 is 10.9 Å². The quantitative estimate of drug-likeness (QED) is 0.821. The fourth-order valence-corrected chi connectivity index (χ4v) is 1.77. The van der Waals surface area contributed by atoms with Gasteiger partial charge in [0.1, 0.15) is 6.54 Å². The van der Waals surface area contributed by atoms with E-state index in [4.69, 9.17) is 0 Å². The summed E-state index contributed by atoms with van der Waals surface area (Å²) in [5, 5.41) is 2.59. The number of carbonyl (C=O) groups excluding carboxylic acids is 1. The lowest BCUT2D eigenvalue weighted by Crippen LogP contribution is -2.33. The number of rotatable bonds is 6. The van der Waals surface area contributed by atoms with Crippen molar-refractivity contribution >= 4 is 5.91 Å². The third-order valence-corrected chi connectivity index (χ3v) is 2.91. The summed E-state index contributed by atoms with van der Waals surface area (Å²) in [6.45, 7) is 4.16. The van der Waals surface area contributed by atoms with Crippen molar-refractivity contribution < 1.29 is 18.0 Å². The molecule has 0 bridgehead atoms. The minimum atomic E-state index is -4.54. The molecule has 0 unspecified atom stereocenters. The van der Waals surface area contributed by atoms with Crippen LogP contribution in [0.15, 0.2) is 23.1 Å². The Kier molecular flexibility index (Phi) is 5.99. The van der Waals surface area contributed by atoms with Crippen LogP contribution in [0.2, 0.25) is 0 Å². The molecule has 0 aromatic carbocycles. The molecule has 0 spiro atoms. The van der Waals surface area contributed by atoms with E-state index in [0.29, 0.717) is 24.7 Å². The molecule has 1 aromatic heterocycles. The first-order chi connectivity index (χ1) is 9.70. The van der Waals surface area contributed by atoms with Crippen LogP contribution >= 0.6 is 0 Å². The largest absolute Gasteiger partial charge is 0.417 e. The topological polar surface area (TPSA) is 51.1 Å². The number of pyridine rings is 1. The lowest BCUT2D eigenvalue weighted by molar-refractivity contribution is -0.138. The van der Waals surface area contributed by atoms with Crippen molar-refractivity contribution in [3.63, 3.8) is 0 Å². The van der Waals surface area contributed by atoms with E-state index in [9.17, 15) is 22.8 Å². The number of nitrogens with zero attached hydrogens (tertiary/aromatic N) is 1. The highest BCUT2D eigenvalue weighted by atomic mass is 19.4. The van der Waals surface area contributed by atoms with Crippen molar-refractivity contribution in [1.82, 2.24) is 9.88 Å². The maximum Gasteiger partial charge on any atom is 0.417 e. The van der Waals surface area contributed by atoms with Crippen LogP contribution in [-0.4, -0.2) is 17.0 Å². The zero-order chi connectivity index (χ0) is 16.0. The van der Waals surface area contributed by atoms with Gasteiger partial charge in [-0.05, 0) is 24.8 Å². The Balaban J connectivity index is 2.62. The highest BCUT2D eigenvalue weighted by molar-refractivity contribution is 5.75. The Morgan fingerprint density at radius 2 is 2.00 bits per heavy atom. The third kappa shape index (κ3) is 6.01. The highest BCUT2D eigenvalue weighted by Crippen LogP contribution is 2.27. The molecule has 4 nitrogen and oxygen atoms in total.